The Morgan fingerprint density at radius 3 is 2.93 bits per heavy atom. The van der Waals surface area contributed by atoms with E-state index >= 15 is 0 Å². The van der Waals surface area contributed by atoms with Crippen molar-refractivity contribution in [1.29, 1.82) is 0 Å². The number of rotatable bonds is 4. The molecule has 1 atom stereocenters. The first-order chi connectivity index (χ1) is 6.63. The van der Waals surface area contributed by atoms with E-state index in [1.54, 1.807) is 18.0 Å². The summed E-state index contributed by atoms with van der Waals surface area (Å²) in [4.78, 5) is 4.23. The molecule has 1 heterocycles. The standard InChI is InChI=1S/C9H10BrCl2NS/c1-6(3-11)5-14-9-8(12)2-7(10)4-13-9/h2,4,6H,3,5H2,1H3. The molecule has 0 spiro atoms. The van der Waals surface area contributed by atoms with E-state index in [1.807, 2.05) is 6.07 Å². The summed E-state index contributed by atoms with van der Waals surface area (Å²) in [5, 5.41) is 1.55. The number of alkyl halides is 1. The van der Waals surface area contributed by atoms with Crippen LogP contribution in [0.15, 0.2) is 21.8 Å². The van der Waals surface area contributed by atoms with Gasteiger partial charge in [0.1, 0.15) is 5.03 Å². The molecule has 1 rings (SSSR count). The minimum absolute atomic E-state index is 0.475. The van der Waals surface area contributed by atoms with Crippen LogP contribution >= 0.6 is 50.9 Å². The molecule has 0 saturated carbocycles. The summed E-state index contributed by atoms with van der Waals surface area (Å²) in [5.74, 6) is 2.09. The van der Waals surface area contributed by atoms with Gasteiger partial charge in [0, 0.05) is 22.3 Å². The van der Waals surface area contributed by atoms with Crippen LogP contribution in [0.2, 0.25) is 5.02 Å². The van der Waals surface area contributed by atoms with Crippen molar-refractivity contribution in [2.45, 2.75) is 11.9 Å². The molecule has 1 unspecified atom stereocenters. The largest absolute Gasteiger partial charge is 0.247 e. The second-order valence-corrected chi connectivity index (χ2v) is 5.65. The topological polar surface area (TPSA) is 12.9 Å². The first-order valence-electron chi connectivity index (χ1n) is 4.13. The second kappa shape index (κ2) is 6.21. The van der Waals surface area contributed by atoms with Crippen LogP contribution in [0.3, 0.4) is 0 Å². The predicted molar refractivity (Wildman–Crippen MR) is 67.6 cm³/mol. The van der Waals surface area contributed by atoms with E-state index in [-0.39, 0.29) is 0 Å². The number of halogens is 3. The molecule has 0 N–H and O–H groups in total. The van der Waals surface area contributed by atoms with Gasteiger partial charge in [0.2, 0.25) is 0 Å². The third kappa shape index (κ3) is 3.97. The van der Waals surface area contributed by atoms with Crippen molar-refractivity contribution >= 4 is 50.9 Å². The average Bonchev–Trinajstić information content (AvgIpc) is 2.16. The van der Waals surface area contributed by atoms with Crippen molar-refractivity contribution in [3.05, 3.63) is 21.8 Å². The Bertz CT molecular complexity index is 309. The highest BCUT2D eigenvalue weighted by Crippen LogP contribution is 2.28. The number of pyridine rings is 1. The smallest absolute Gasteiger partial charge is 0.115 e. The van der Waals surface area contributed by atoms with Crippen LogP contribution in [0.4, 0.5) is 0 Å². The zero-order valence-electron chi connectivity index (χ0n) is 7.64. The molecule has 0 aromatic carbocycles. The lowest BCUT2D eigenvalue weighted by atomic mass is 10.3. The predicted octanol–water partition coefficient (Wildman–Crippen LogP) is 4.46. The number of nitrogens with zero attached hydrogens (tertiary/aromatic N) is 1. The summed E-state index contributed by atoms with van der Waals surface area (Å²) < 4.78 is 0.900. The number of hydrogen-bond acceptors (Lipinski definition) is 2. The minimum Gasteiger partial charge on any atom is -0.247 e. The molecule has 1 nitrogen and oxygen atoms in total. The Labute approximate surface area is 107 Å². The van der Waals surface area contributed by atoms with Gasteiger partial charge >= 0.3 is 0 Å². The fraction of sp³-hybridized carbons (Fsp3) is 0.444. The third-order valence-corrected chi connectivity index (χ3v) is 4.24. The highest BCUT2D eigenvalue weighted by atomic mass is 79.9. The van der Waals surface area contributed by atoms with Crippen LogP contribution < -0.4 is 0 Å². The first kappa shape index (κ1) is 12.6. The minimum atomic E-state index is 0.475. The van der Waals surface area contributed by atoms with Gasteiger partial charge in [0.25, 0.3) is 0 Å². The summed E-state index contributed by atoms with van der Waals surface area (Å²) in [5.41, 5.74) is 0. The van der Waals surface area contributed by atoms with Gasteiger partial charge in [-0.25, -0.2) is 4.98 Å². The Kier molecular flexibility index (Phi) is 5.60. The maximum absolute atomic E-state index is 6.01. The van der Waals surface area contributed by atoms with Crippen LogP contribution in [0, 0.1) is 5.92 Å². The molecule has 0 radical (unpaired) electrons. The molecule has 0 saturated heterocycles. The van der Waals surface area contributed by atoms with Crippen molar-refractivity contribution in [2.75, 3.05) is 11.6 Å². The van der Waals surface area contributed by atoms with Gasteiger partial charge in [0.05, 0.1) is 5.02 Å². The number of hydrogen-bond donors (Lipinski definition) is 0. The van der Waals surface area contributed by atoms with Gasteiger partial charge in [-0.05, 0) is 27.9 Å². The van der Waals surface area contributed by atoms with Crippen LogP contribution in [0.5, 0.6) is 0 Å². The van der Waals surface area contributed by atoms with Crippen molar-refractivity contribution in [3.8, 4) is 0 Å². The van der Waals surface area contributed by atoms with E-state index in [0.29, 0.717) is 16.8 Å². The second-order valence-electron chi connectivity index (χ2n) is 3.01. The first-order valence-corrected chi connectivity index (χ1v) is 6.82. The quantitative estimate of drug-likeness (QED) is 0.601. The fourth-order valence-corrected chi connectivity index (χ4v) is 2.69. The van der Waals surface area contributed by atoms with Gasteiger partial charge in [-0.15, -0.1) is 23.4 Å². The molecule has 0 aliphatic heterocycles. The van der Waals surface area contributed by atoms with Crippen molar-refractivity contribution in [3.63, 3.8) is 0 Å². The Hall–Kier alpha value is 0.560. The maximum Gasteiger partial charge on any atom is 0.115 e. The summed E-state index contributed by atoms with van der Waals surface area (Å²) in [6.07, 6.45) is 1.75. The molecule has 0 bridgehead atoms. The Balaban J connectivity index is 2.59. The SMILES string of the molecule is CC(CCl)CSc1ncc(Br)cc1Cl. The van der Waals surface area contributed by atoms with Crippen LogP contribution in [0.25, 0.3) is 0 Å². The van der Waals surface area contributed by atoms with Crippen molar-refractivity contribution in [2.24, 2.45) is 5.92 Å². The molecule has 0 aliphatic rings. The van der Waals surface area contributed by atoms with Gasteiger partial charge in [0.15, 0.2) is 0 Å². The summed E-state index contributed by atoms with van der Waals surface area (Å²) in [6, 6.07) is 1.85. The molecule has 1 aromatic rings. The van der Waals surface area contributed by atoms with Gasteiger partial charge in [-0.2, -0.15) is 0 Å². The van der Waals surface area contributed by atoms with Crippen LogP contribution in [-0.4, -0.2) is 16.6 Å². The van der Waals surface area contributed by atoms with E-state index in [9.17, 15) is 0 Å². The summed E-state index contributed by atoms with van der Waals surface area (Å²) in [7, 11) is 0. The van der Waals surface area contributed by atoms with Crippen molar-refractivity contribution < 1.29 is 0 Å². The lowest BCUT2D eigenvalue weighted by Gasteiger charge is -2.07. The average molecular weight is 315 g/mol. The monoisotopic (exact) mass is 313 g/mol. The fourth-order valence-electron chi connectivity index (χ4n) is 0.774. The normalized spacial score (nSPS) is 12.9. The van der Waals surface area contributed by atoms with Crippen LogP contribution in [-0.2, 0) is 0 Å². The van der Waals surface area contributed by atoms with Gasteiger partial charge in [-0.3, -0.25) is 0 Å². The third-order valence-electron chi connectivity index (χ3n) is 1.54. The molecule has 0 fully saturated rings. The zero-order chi connectivity index (χ0) is 10.6. The Morgan fingerprint density at radius 2 is 2.36 bits per heavy atom. The number of aromatic nitrogens is 1. The van der Waals surface area contributed by atoms with E-state index < -0.39 is 0 Å². The molecule has 78 valence electrons. The van der Waals surface area contributed by atoms with Crippen LogP contribution in [0.1, 0.15) is 6.92 Å². The molecular formula is C9H10BrCl2NS. The van der Waals surface area contributed by atoms with E-state index in [0.717, 1.165) is 15.3 Å². The maximum atomic E-state index is 6.01. The molecule has 0 amide bonds. The molecule has 5 heteroatoms. The summed E-state index contributed by atoms with van der Waals surface area (Å²) in [6.45, 7) is 2.10. The molecule has 1 aromatic heterocycles. The zero-order valence-corrected chi connectivity index (χ0v) is 11.5. The molecule has 0 aliphatic carbocycles. The van der Waals surface area contributed by atoms with Gasteiger partial charge in [-0.1, -0.05) is 18.5 Å². The summed E-state index contributed by atoms with van der Waals surface area (Å²) >= 11 is 16.7. The lowest BCUT2D eigenvalue weighted by Crippen LogP contribution is -1.99. The van der Waals surface area contributed by atoms with Gasteiger partial charge < -0.3 is 0 Å². The molecule has 14 heavy (non-hydrogen) atoms. The van der Waals surface area contributed by atoms with Crippen molar-refractivity contribution in [1.82, 2.24) is 4.98 Å². The highest BCUT2D eigenvalue weighted by molar-refractivity contribution is 9.10. The van der Waals surface area contributed by atoms with E-state index in [2.05, 4.69) is 27.8 Å². The Morgan fingerprint density at radius 1 is 1.64 bits per heavy atom. The highest BCUT2D eigenvalue weighted by Gasteiger charge is 2.06. The van der Waals surface area contributed by atoms with E-state index in [1.165, 1.54) is 0 Å². The molecular weight excluding hydrogens is 305 g/mol. The van der Waals surface area contributed by atoms with E-state index in [4.69, 9.17) is 23.2 Å². The number of thioether (sulfide) groups is 1. The lowest BCUT2D eigenvalue weighted by molar-refractivity contribution is 0.758.